The van der Waals surface area contributed by atoms with Crippen LogP contribution in [0.3, 0.4) is 0 Å². The van der Waals surface area contributed by atoms with E-state index in [0.29, 0.717) is 4.47 Å². The van der Waals surface area contributed by atoms with Crippen LogP contribution in [0.1, 0.15) is 38.2 Å². The van der Waals surface area contributed by atoms with E-state index in [1.165, 1.54) is 31.7 Å². The Morgan fingerprint density at radius 3 is 2.82 bits per heavy atom. The fraction of sp³-hybridized carbons (Fsp3) is 0.571. The number of hydrogen-bond acceptors (Lipinski definition) is 1. The first-order chi connectivity index (χ1) is 8.22. The smallest absolute Gasteiger partial charge is 0.137 e. The molecule has 94 valence electrons. The fourth-order valence-electron chi connectivity index (χ4n) is 2.08. The maximum absolute atomic E-state index is 13.4. The van der Waals surface area contributed by atoms with E-state index in [1.54, 1.807) is 6.07 Å². The molecule has 1 aromatic carbocycles. The normalized spacial score (nSPS) is 15.5. The van der Waals surface area contributed by atoms with Gasteiger partial charge in [-0.1, -0.05) is 25.5 Å². The maximum Gasteiger partial charge on any atom is 0.137 e. The molecule has 0 saturated heterocycles. The van der Waals surface area contributed by atoms with Crippen LogP contribution in [0.4, 0.5) is 4.39 Å². The van der Waals surface area contributed by atoms with Gasteiger partial charge in [0.25, 0.3) is 0 Å². The SMILES string of the molecule is CCCCN(Cc1cccc(F)c1Br)C1CC1. The molecule has 0 N–H and O–H groups in total. The van der Waals surface area contributed by atoms with Crippen LogP contribution < -0.4 is 0 Å². The van der Waals surface area contributed by atoms with Gasteiger partial charge in [-0.25, -0.2) is 4.39 Å². The molecule has 1 aliphatic carbocycles. The quantitative estimate of drug-likeness (QED) is 0.755. The number of nitrogens with zero attached hydrogens (tertiary/aromatic N) is 1. The molecular formula is C14H19BrFN. The van der Waals surface area contributed by atoms with Crippen LogP contribution in [-0.4, -0.2) is 17.5 Å². The highest BCUT2D eigenvalue weighted by molar-refractivity contribution is 9.10. The summed E-state index contributed by atoms with van der Waals surface area (Å²) in [6.45, 7) is 4.20. The Bertz CT molecular complexity index is 376. The second-order valence-electron chi connectivity index (χ2n) is 4.77. The van der Waals surface area contributed by atoms with E-state index in [4.69, 9.17) is 0 Å². The van der Waals surface area contributed by atoms with E-state index in [1.807, 2.05) is 6.07 Å². The molecule has 0 atom stereocenters. The van der Waals surface area contributed by atoms with Crippen LogP contribution in [0.25, 0.3) is 0 Å². The third-order valence-electron chi connectivity index (χ3n) is 3.27. The summed E-state index contributed by atoms with van der Waals surface area (Å²) in [7, 11) is 0. The fourth-order valence-corrected chi connectivity index (χ4v) is 2.47. The molecule has 3 heteroatoms. The van der Waals surface area contributed by atoms with Gasteiger partial charge in [0.05, 0.1) is 4.47 Å². The molecule has 1 fully saturated rings. The van der Waals surface area contributed by atoms with Crippen LogP contribution in [0.2, 0.25) is 0 Å². The zero-order valence-electron chi connectivity index (χ0n) is 10.3. The van der Waals surface area contributed by atoms with Crippen molar-refractivity contribution in [2.45, 2.75) is 45.2 Å². The van der Waals surface area contributed by atoms with Crippen molar-refractivity contribution in [3.05, 3.63) is 34.1 Å². The standard InChI is InChI=1S/C14H19BrFN/c1-2-3-9-17(12-7-8-12)10-11-5-4-6-13(16)14(11)15/h4-6,12H,2-3,7-10H2,1H3. The number of benzene rings is 1. The molecule has 0 amide bonds. The van der Waals surface area contributed by atoms with E-state index >= 15 is 0 Å². The molecule has 17 heavy (non-hydrogen) atoms. The average molecular weight is 300 g/mol. The largest absolute Gasteiger partial charge is 0.296 e. The first kappa shape index (κ1) is 13.0. The van der Waals surface area contributed by atoms with E-state index in [-0.39, 0.29) is 5.82 Å². The summed E-state index contributed by atoms with van der Waals surface area (Å²) in [6, 6.07) is 6.03. The number of rotatable bonds is 6. The van der Waals surface area contributed by atoms with Crippen LogP contribution in [0.5, 0.6) is 0 Å². The lowest BCUT2D eigenvalue weighted by atomic mass is 10.2. The van der Waals surface area contributed by atoms with Crippen molar-refractivity contribution in [2.75, 3.05) is 6.54 Å². The topological polar surface area (TPSA) is 3.24 Å². The van der Waals surface area contributed by atoms with Crippen molar-refractivity contribution in [1.82, 2.24) is 4.90 Å². The van der Waals surface area contributed by atoms with Gasteiger partial charge in [0.2, 0.25) is 0 Å². The van der Waals surface area contributed by atoms with Gasteiger partial charge >= 0.3 is 0 Å². The first-order valence-corrected chi connectivity index (χ1v) is 7.18. The summed E-state index contributed by atoms with van der Waals surface area (Å²) in [5.74, 6) is -0.159. The van der Waals surface area contributed by atoms with Crippen LogP contribution >= 0.6 is 15.9 Å². The average Bonchev–Trinajstić information content (AvgIpc) is 3.14. The Balaban J connectivity index is 2.03. The molecule has 0 unspecified atom stereocenters. The van der Waals surface area contributed by atoms with E-state index < -0.39 is 0 Å². The Labute approximate surface area is 111 Å². The molecule has 0 heterocycles. The zero-order chi connectivity index (χ0) is 12.3. The lowest BCUT2D eigenvalue weighted by Crippen LogP contribution is -2.26. The Morgan fingerprint density at radius 2 is 2.18 bits per heavy atom. The summed E-state index contributed by atoms with van der Waals surface area (Å²) in [4.78, 5) is 2.49. The molecule has 2 rings (SSSR count). The van der Waals surface area contributed by atoms with E-state index in [0.717, 1.165) is 24.7 Å². The van der Waals surface area contributed by atoms with Crippen LogP contribution in [0.15, 0.2) is 22.7 Å². The lowest BCUT2D eigenvalue weighted by Gasteiger charge is -2.22. The predicted molar refractivity (Wildman–Crippen MR) is 72.4 cm³/mol. The van der Waals surface area contributed by atoms with Crippen molar-refractivity contribution < 1.29 is 4.39 Å². The molecule has 0 radical (unpaired) electrons. The van der Waals surface area contributed by atoms with Gasteiger partial charge in [-0.3, -0.25) is 4.90 Å². The summed E-state index contributed by atoms with van der Waals surface area (Å²) in [5, 5.41) is 0. The minimum atomic E-state index is -0.159. The minimum Gasteiger partial charge on any atom is -0.296 e. The Morgan fingerprint density at radius 1 is 1.41 bits per heavy atom. The second kappa shape index (κ2) is 5.96. The minimum absolute atomic E-state index is 0.159. The molecule has 0 spiro atoms. The highest BCUT2D eigenvalue weighted by Crippen LogP contribution is 2.30. The highest BCUT2D eigenvalue weighted by Gasteiger charge is 2.28. The number of hydrogen-bond donors (Lipinski definition) is 0. The zero-order valence-corrected chi connectivity index (χ0v) is 11.8. The van der Waals surface area contributed by atoms with Crippen LogP contribution in [0, 0.1) is 5.82 Å². The maximum atomic E-state index is 13.4. The molecular weight excluding hydrogens is 281 g/mol. The van der Waals surface area contributed by atoms with Gasteiger partial charge in [-0.05, 0) is 53.4 Å². The number of unbranched alkanes of at least 4 members (excludes halogenated alkanes) is 1. The van der Waals surface area contributed by atoms with Gasteiger partial charge < -0.3 is 0 Å². The lowest BCUT2D eigenvalue weighted by molar-refractivity contribution is 0.250. The van der Waals surface area contributed by atoms with Crippen molar-refractivity contribution >= 4 is 15.9 Å². The first-order valence-electron chi connectivity index (χ1n) is 6.39. The van der Waals surface area contributed by atoms with Gasteiger partial charge in [0.1, 0.15) is 5.82 Å². The summed E-state index contributed by atoms with van der Waals surface area (Å²) in [6.07, 6.45) is 5.05. The van der Waals surface area contributed by atoms with E-state index in [9.17, 15) is 4.39 Å². The Hall–Kier alpha value is -0.410. The highest BCUT2D eigenvalue weighted by atomic mass is 79.9. The molecule has 0 aromatic heterocycles. The molecule has 1 nitrogen and oxygen atoms in total. The van der Waals surface area contributed by atoms with Crippen molar-refractivity contribution in [3.63, 3.8) is 0 Å². The Kier molecular flexibility index (Phi) is 4.57. The van der Waals surface area contributed by atoms with E-state index in [2.05, 4.69) is 27.8 Å². The summed E-state index contributed by atoms with van der Waals surface area (Å²) in [5.41, 5.74) is 1.06. The van der Waals surface area contributed by atoms with Gasteiger partial charge in [-0.15, -0.1) is 0 Å². The van der Waals surface area contributed by atoms with Crippen molar-refractivity contribution in [2.24, 2.45) is 0 Å². The predicted octanol–water partition coefficient (Wildman–Crippen LogP) is 4.35. The molecule has 0 aliphatic heterocycles. The van der Waals surface area contributed by atoms with Gasteiger partial charge in [-0.2, -0.15) is 0 Å². The third kappa shape index (κ3) is 3.52. The summed E-state index contributed by atoms with van der Waals surface area (Å²) >= 11 is 3.34. The van der Waals surface area contributed by atoms with Crippen molar-refractivity contribution in [3.8, 4) is 0 Å². The molecule has 0 bridgehead atoms. The van der Waals surface area contributed by atoms with Crippen LogP contribution in [-0.2, 0) is 6.54 Å². The molecule has 1 aromatic rings. The van der Waals surface area contributed by atoms with Gasteiger partial charge in [0.15, 0.2) is 0 Å². The summed E-state index contributed by atoms with van der Waals surface area (Å²) < 4.78 is 14.1. The second-order valence-corrected chi connectivity index (χ2v) is 5.56. The number of halogens is 2. The molecule has 1 aliphatic rings. The monoisotopic (exact) mass is 299 g/mol. The third-order valence-corrected chi connectivity index (χ3v) is 4.16. The van der Waals surface area contributed by atoms with Crippen molar-refractivity contribution in [1.29, 1.82) is 0 Å². The van der Waals surface area contributed by atoms with Gasteiger partial charge in [0, 0.05) is 12.6 Å². The molecule has 1 saturated carbocycles.